The Morgan fingerprint density at radius 2 is 1.68 bits per heavy atom. The van der Waals surface area contributed by atoms with E-state index in [9.17, 15) is 4.79 Å². The molecule has 2 aliphatic rings. The summed E-state index contributed by atoms with van der Waals surface area (Å²) in [6.07, 6.45) is 3.51. The number of benzene rings is 2. The second-order valence-electron chi connectivity index (χ2n) is 7.94. The molecule has 1 amide bonds. The average Bonchev–Trinajstić information content (AvgIpc) is 2.96. The maximum absolute atomic E-state index is 13.0. The van der Waals surface area contributed by atoms with Crippen molar-refractivity contribution in [1.29, 1.82) is 0 Å². The molecule has 0 saturated carbocycles. The van der Waals surface area contributed by atoms with E-state index in [0.717, 1.165) is 36.7 Å². The summed E-state index contributed by atoms with van der Waals surface area (Å²) in [5, 5.41) is 6.14. The number of para-hydroxylation sites is 1. The molecule has 5 heteroatoms. The predicted molar refractivity (Wildman–Crippen MR) is 113 cm³/mol. The fraction of sp³-hybridized carbons (Fsp3) is 0.391. The lowest BCUT2D eigenvalue weighted by molar-refractivity contribution is -0.112. The van der Waals surface area contributed by atoms with Gasteiger partial charge < -0.3 is 5.01 Å². The van der Waals surface area contributed by atoms with Crippen molar-refractivity contribution in [3.8, 4) is 0 Å². The van der Waals surface area contributed by atoms with E-state index in [0.29, 0.717) is 12.4 Å². The van der Waals surface area contributed by atoms with E-state index in [2.05, 4.69) is 40.3 Å². The van der Waals surface area contributed by atoms with Gasteiger partial charge in [-0.05, 0) is 36.8 Å². The van der Waals surface area contributed by atoms with Crippen molar-refractivity contribution in [2.24, 2.45) is 11.0 Å². The number of nitrogens with zero attached hydrogens (tertiary/aromatic N) is 4. The number of amides is 1. The summed E-state index contributed by atoms with van der Waals surface area (Å²) in [6, 6.07) is 18.7. The Labute approximate surface area is 167 Å². The normalized spacial score (nSPS) is 19.3. The van der Waals surface area contributed by atoms with Gasteiger partial charge in [-0.3, -0.25) is 14.6 Å². The van der Waals surface area contributed by atoms with Crippen LogP contribution in [-0.2, 0) is 11.2 Å². The van der Waals surface area contributed by atoms with E-state index < -0.39 is 0 Å². The topological polar surface area (TPSA) is 39.2 Å². The van der Waals surface area contributed by atoms with Crippen molar-refractivity contribution in [3.05, 3.63) is 65.7 Å². The SMILES string of the molecule is CN(C)/N=C1/C(=O)N(CN2CCC(Cc3ccccc3)CC2)c2ccccc21. The minimum atomic E-state index is 0.00121. The van der Waals surface area contributed by atoms with Gasteiger partial charge in [-0.25, -0.2) is 0 Å². The van der Waals surface area contributed by atoms with Gasteiger partial charge in [0.25, 0.3) is 5.91 Å². The molecule has 2 aromatic rings. The summed E-state index contributed by atoms with van der Waals surface area (Å²) in [5.74, 6) is 0.729. The van der Waals surface area contributed by atoms with Crippen molar-refractivity contribution < 1.29 is 4.79 Å². The van der Waals surface area contributed by atoms with Crippen molar-refractivity contribution in [2.75, 3.05) is 38.8 Å². The second kappa shape index (κ2) is 8.15. The lowest BCUT2D eigenvalue weighted by atomic mass is 9.90. The van der Waals surface area contributed by atoms with Gasteiger partial charge in [0.1, 0.15) is 0 Å². The molecule has 0 bridgehead atoms. The molecule has 146 valence electrons. The molecular weight excluding hydrogens is 348 g/mol. The summed E-state index contributed by atoms with van der Waals surface area (Å²) >= 11 is 0. The smallest absolute Gasteiger partial charge is 0.280 e. The van der Waals surface area contributed by atoms with E-state index in [1.165, 1.54) is 18.4 Å². The first-order chi connectivity index (χ1) is 13.6. The molecule has 5 nitrogen and oxygen atoms in total. The molecule has 0 radical (unpaired) electrons. The van der Waals surface area contributed by atoms with Crippen LogP contribution in [-0.4, -0.2) is 55.4 Å². The van der Waals surface area contributed by atoms with Gasteiger partial charge in [0.15, 0.2) is 5.71 Å². The molecule has 0 spiro atoms. The van der Waals surface area contributed by atoms with Crippen LogP contribution in [0.5, 0.6) is 0 Å². The zero-order valence-corrected chi connectivity index (χ0v) is 16.7. The van der Waals surface area contributed by atoms with E-state index >= 15 is 0 Å². The number of carbonyl (C=O) groups is 1. The fourth-order valence-electron chi connectivity index (χ4n) is 4.18. The van der Waals surface area contributed by atoms with Gasteiger partial charge in [-0.15, -0.1) is 0 Å². The molecule has 28 heavy (non-hydrogen) atoms. The number of hydrogen-bond donors (Lipinski definition) is 0. The Balaban J connectivity index is 1.41. The maximum atomic E-state index is 13.0. The Morgan fingerprint density at radius 3 is 2.39 bits per heavy atom. The van der Waals surface area contributed by atoms with Gasteiger partial charge in [-0.1, -0.05) is 48.5 Å². The van der Waals surface area contributed by atoms with E-state index in [4.69, 9.17) is 0 Å². The molecule has 2 aliphatic heterocycles. The third-order valence-corrected chi connectivity index (χ3v) is 5.61. The zero-order valence-electron chi connectivity index (χ0n) is 16.7. The monoisotopic (exact) mass is 376 g/mol. The number of likely N-dealkylation sites (tertiary alicyclic amines) is 1. The van der Waals surface area contributed by atoms with Gasteiger partial charge >= 0.3 is 0 Å². The summed E-state index contributed by atoms with van der Waals surface area (Å²) in [7, 11) is 3.70. The van der Waals surface area contributed by atoms with Crippen LogP contribution in [0.25, 0.3) is 0 Å². The van der Waals surface area contributed by atoms with Crippen molar-refractivity contribution in [2.45, 2.75) is 19.3 Å². The molecule has 0 aromatic heterocycles. The number of fused-ring (bicyclic) bond motifs is 1. The Kier molecular flexibility index (Phi) is 5.44. The number of carbonyl (C=O) groups excluding carboxylic acids is 1. The minimum absolute atomic E-state index is 0.00121. The van der Waals surface area contributed by atoms with Crippen LogP contribution < -0.4 is 4.90 Å². The summed E-state index contributed by atoms with van der Waals surface area (Å²) in [4.78, 5) is 17.3. The highest BCUT2D eigenvalue weighted by atomic mass is 16.2. The molecule has 2 aromatic carbocycles. The van der Waals surface area contributed by atoms with E-state index in [1.807, 2.05) is 43.3 Å². The quantitative estimate of drug-likeness (QED) is 0.752. The number of anilines is 1. The molecule has 4 rings (SSSR count). The lowest BCUT2D eigenvalue weighted by Crippen LogP contribution is -2.44. The Hall–Kier alpha value is -2.66. The molecule has 1 fully saturated rings. The van der Waals surface area contributed by atoms with E-state index in [1.54, 1.807) is 5.01 Å². The van der Waals surface area contributed by atoms with Gasteiger partial charge in [-0.2, -0.15) is 5.10 Å². The number of piperidine rings is 1. The van der Waals surface area contributed by atoms with Crippen LogP contribution in [0.15, 0.2) is 59.7 Å². The highest BCUT2D eigenvalue weighted by Gasteiger charge is 2.35. The highest BCUT2D eigenvalue weighted by Crippen LogP contribution is 2.30. The molecule has 0 unspecified atom stereocenters. The molecule has 2 heterocycles. The summed E-state index contributed by atoms with van der Waals surface area (Å²) in [6.45, 7) is 2.70. The van der Waals surface area contributed by atoms with Crippen molar-refractivity contribution in [3.63, 3.8) is 0 Å². The van der Waals surface area contributed by atoms with Crippen LogP contribution in [0.3, 0.4) is 0 Å². The molecule has 0 aliphatic carbocycles. The first-order valence-electron chi connectivity index (χ1n) is 10.1. The number of rotatable bonds is 5. The van der Waals surface area contributed by atoms with Gasteiger partial charge in [0, 0.05) is 32.7 Å². The second-order valence-corrected chi connectivity index (χ2v) is 7.94. The summed E-state index contributed by atoms with van der Waals surface area (Å²) < 4.78 is 0. The maximum Gasteiger partial charge on any atom is 0.280 e. The van der Waals surface area contributed by atoms with Crippen LogP contribution in [0.2, 0.25) is 0 Å². The van der Waals surface area contributed by atoms with Crippen LogP contribution in [0, 0.1) is 5.92 Å². The first kappa shape index (κ1) is 18.7. The first-order valence-corrected chi connectivity index (χ1v) is 10.1. The third-order valence-electron chi connectivity index (χ3n) is 5.61. The Morgan fingerprint density at radius 1 is 1.00 bits per heavy atom. The highest BCUT2D eigenvalue weighted by molar-refractivity contribution is 6.54. The largest absolute Gasteiger partial charge is 0.302 e. The zero-order chi connectivity index (χ0) is 19.5. The fourth-order valence-corrected chi connectivity index (χ4v) is 4.18. The lowest BCUT2D eigenvalue weighted by Gasteiger charge is -2.34. The molecule has 1 saturated heterocycles. The predicted octanol–water partition coefficient (Wildman–Crippen LogP) is 3.21. The minimum Gasteiger partial charge on any atom is -0.302 e. The summed E-state index contributed by atoms with van der Waals surface area (Å²) in [5.41, 5.74) is 3.87. The molecule has 0 atom stereocenters. The van der Waals surface area contributed by atoms with Crippen molar-refractivity contribution >= 4 is 17.3 Å². The molecule has 0 N–H and O–H groups in total. The number of hydrogen-bond acceptors (Lipinski definition) is 4. The van der Waals surface area contributed by atoms with E-state index in [-0.39, 0.29) is 5.91 Å². The van der Waals surface area contributed by atoms with Gasteiger partial charge in [0.05, 0.1) is 12.4 Å². The van der Waals surface area contributed by atoms with Gasteiger partial charge in [0.2, 0.25) is 0 Å². The van der Waals surface area contributed by atoms with Crippen LogP contribution in [0.1, 0.15) is 24.0 Å². The third kappa shape index (κ3) is 3.94. The van der Waals surface area contributed by atoms with Crippen LogP contribution in [0.4, 0.5) is 5.69 Å². The molecular formula is C23H28N4O. The standard InChI is InChI=1S/C23H28N4O/c1-25(2)24-22-20-10-6-7-11-21(20)27(23(22)28)17-26-14-12-19(13-15-26)16-18-8-4-3-5-9-18/h3-11,19H,12-17H2,1-2H3/b24-22+. The number of hydrazone groups is 1. The Bertz CT molecular complexity index is 854. The van der Waals surface area contributed by atoms with Crippen LogP contribution >= 0.6 is 0 Å². The van der Waals surface area contributed by atoms with Crippen molar-refractivity contribution in [1.82, 2.24) is 9.91 Å². The average molecular weight is 377 g/mol.